The van der Waals surface area contributed by atoms with Crippen molar-refractivity contribution >= 4 is 34.1 Å². The summed E-state index contributed by atoms with van der Waals surface area (Å²) in [5.41, 5.74) is 5.92. The largest absolute Gasteiger partial charge is 0.463 e. The molecule has 26 heavy (non-hydrogen) atoms. The monoisotopic (exact) mass is 380 g/mol. The van der Waals surface area contributed by atoms with Crippen LogP contribution >= 0.6 is 11.3 Å². The Balaban J connectivity index is 2.11. The van der Waals surface area contributed by atoms with E-state index >= 15 is 0 Å². The molecule has 9 heteroatoms. The number of furan rings is 1. The van der Waals surface area contributed by atoms with Crippen molar-refractivity contribution in [3.8, 4) is 0 Å². The second-order valence-electron chi connectivity index (χ2n) is 5.64. The van der Waals surface area contributed by atoms with Gasteiger partial charge in [0.1, 0.15) is 11.0 Å². The van der Waals surface area contributed by atoms with Crippen molar-refractivity contribution in [2.75, 3.05) is 18.5 Å². The van der Waals surface area contributed by atoms with Gasteiger partial charge in [0.15, 0.2) is 12.3 Å². The van der Waals surface area contributed by atoms with Crippen LogP contribution in [0.4, 0.5) is 5.00 Å². The van der Waals surface area contributed by atoms with Crippen LogP contribution in [0.15, 0.2) is 22.8 Å². The molecule has 2 amide bonds. The first kappa shape index (κ1) is 19.7. The summed E-state index contributed by atoms with van der Waals surface area (Å²) in [6.07, 6.45) is 1.57. The number of rotatable bonds is 8. The highest BCUT2D eigenvalue weighted by atomic mass is 32.1. The third-order valence-corrected chi connectivity index (χ3v) is 4.97. The lowest BCUT2D eigenvalue weighted by molar-refractivity contribution is -0.684. The molecule has 5 N–H and O–H groups in total. The highest BCUT2D eigenvalue weighted by Crippen LogP contribution is 2.33. The van der Waals surface area contributed by atoms with Gasteiger partial charge in [-0.2, -0.15) is 0 Å². The number of carbonyl (C=O) groups is 3. The number of esters is 1. The Kier molecular flexibility index (Phi) is 6.53. The van der Waals surface area contributed by atoms with E-state index in [2.05, 4.69) is 5.32 Å². The Morgan fingerprint density at radius 2 is 2.15 bits per heavy atom. The standard InChI is InChI=1S/C17H21N3O5S/c1-4-24-17(23)13-9(2)14(15(18)22)26-16(13)20-12(21)8-19-10(3)11-6-5-7-25-11/h5-7,10,19H,4,8H2,1-3H3,(H2,18,22)(H,20,21)/p+1/t10-/m1/s1. The normalized spacial score (nSPS) is 11.8. The van der Waals surface area contributed by atoms with E-state index in [9.17, 15) is 14.4 Å². The van der Waals surface area contributed by atoms with Gasteiger partial charge in [-0.1, -0.05) is 0 Å². The highest BCUT2D eigenvalue weighted by Gasteiger charge is 2.26. The van der Waals surface area contributed by atoms with E-state index in [1.807, 2.05) is 13.0 Å². The van der Waals surface area contributed by atoms with Crippen LogP contribution in [0, 0.1) is 6.92 Å². The molecule has 0 saturated carbocycles. The molecule has 2 rings (SSSR count). The summed E-state index contributed by atoms with van der Waals surface area (Å²) < 4.78 is 10.3. The fourth-order valence-electron chi connectivity index (χ4n) is 2.41. The molecule has 0 aliphatic heterocycles. The van der Waals surface area contributed by atoms with Gasteiger partial charge in [0, 0.05) is 0 Å². The number of nitrogens with two attached hydrogens (primary N) is 2. The minimum Gasteiger partial charge on any atom is -0.463 e. The highest BCUT2D eigenvalue weighted by molar-refractivity contribution is 7.18. The zero-order valence-corrected chi connectivity index (χ0v) is 15.6. The van der Waals surface area contributed by atoms with Gasteiger partial charge in [-0.25, -0.2) is 4.79 Å². The molecule has 8 nitrogen and oxygen atoms in total. The summed E-state index contributed by atoms with van der Waals surface area (Å²) in [7, 11) is 0. The quantitative estimate of drug-likeness (QED) is 0.593. The van der Waals surface area contributed by atoms with Gasteiger partial charge in [-0.3, -0.25) is 9.59 Å². The number of ether oxygens (including phenoxy) is 1. The molecule has 0 saturated heterocycles. The maximum Gasteiger partial charge on any atom is 0.341 e. The summed E-state index contributed by atoms with van der Waals surface area (Å²) >= 11 is 0.969. The van der Waals surface area contributed by atoms with Gasteiger partial charge in [0.05, 0.1) is 23.3 Å². The van der Waals surface area contributed by atoms with Crippen LogP contribution in [-0.4, -0.2) is 30.9 Å². The van der Waals surface area contributed by atoms with Crippen molar-refractivity contribution < 1.29 is 28.9 Å². The Morgan fingerprint density at radius 3 is 2.73 bits per heavy atom. The van der Waals surface area contributed by atoms with Gasteiger partial charge < -0.3 is 25.5 Å². The lowest BCUT2D eigenvalue weighted by atomic mass is 10.1. The molecule has 0 spiro atoms. The summed E-state index contributed by atoms with van der Waals surface area (Å²) in [6, 6.07) is 3.58. The molecule has 2 aromatic rings. The Hall–Kier alpha value is -2.65. The third kappa shape index (κ3) is 4.50. The Bertz CT molecular complexity index is 798. The van der Waals surface area contributed by atoms with Crippen molar-refractivity contribution in [1.29, 1.82) is 0 Å². The number of nitrogens with one attached hydrogen (secondary N) is 1. The first-order valence-corrected chi connectivity index (χ1v) is 8.93. The molecule has 2 aromatic heterocycles. The first-order valence-electron chi connectivity index (χ1n) is 8.12. The predicted molar refractivity (Wildman–Crippen MR) is 96.1 cm³/mol. The Morgan fingerprint density at radius 1 is 1.42 bits per heavy atom. The molecular formula is C17H22N3O5S+. The molecule has 140 valence electrons. The molecule has 2 heterocycles. The van der Waals surface area contributed by atoms with Crippen LogP contribution in [0.25, 0.3) is 0 Å². The van der Waals surface area contributed by atoms with Gasteiger partial charge in [0.25, 0.3) is 11.8 Å². The molecular weight excluding hydrogens is 358 g/mol. The maximum atomic E-state index is 12.3. The zero-order valence-electron chi connectivity index (χ0n) is 14.8. The van der Waals surface area contributed by atoms with E-state index in [1.54, 1.807) is 31.5 Å². The van der Waals surface area contributed by atoms with Crippen molar-refractivity contribution in [2.45, 2.75) is 26.8 Å². The number of quaternary nitrogens is 1. The molecule has 0 radical (unpaired) electrons. The molecule has 0 bridgehead atoms. The van der Waals surface area contributed by atoms with E-state index in [1.165, 1.54) is 0 Å². The number of hydrogen-bond donors (Lipinski definition) is 3. The number of carbonyl (C=O) groups excluding carboxylic acids is 3. The minimum absolute atomic E-state index is 0.0356. The lowest BCUT2D eigenvalue weighted by Crippen LogP contribution is -2.86. The summed E-state index contributed by atoms with van der Waals surface area (Å²) in [6.45, 7) is 5.49. The fraction of sp³-hybridized carbons (Fsp3) is 0.353. The molecule has 0 aliphatic rings. The SMILES string of the molecule is CCOC(=O)c1c(NC(=O)C[NH2+][C@H](C)c2ccco2)sc(C(N)=O)c1C. The van der Waals surface area contributed by atoms with Gasteiger partial charge in [-0.05, 0) is 38.5 Å². The van der Waals surface area contributed by atoms with Gasteiger partial charge >= 0.3 is 5.97 Å². The second-order valence-corrected chi connectivity index (χ2v) is 6.66. The Labute approximate surface area is 154 Å². The van der Waals surface area contributed by atoms with Gasteiger partial charge in [0.2, 0.25) is 0 Å². The number of hydrogen-bond acceptors (Lipinski definition) is 6. The van der Waals surface area contributed by atoms with Crippen LogP contribution in [0.1, 0.15) is 51.2 Å². The summed E-state index contributed by atoms with van der Waals surface area (Å²) in [5.74, 6) is -0.812. The fourth-order valence-corrected chi connectivity index (χ4v) is 3.48. The first-order chi connectivity index (χ1) is 12.3. The number of anilines is 1. The third-order valence-electron chi connectivity index (χ3n) is 3.75. The summed E-state index contributed by atoms with van der Waals surface area (Å²) in [4.78, 5) is 36.2. The maximum absolute atomic E-state index is 12.3. The minimum atomic E-state index is -0.656. The van der Waals surface area contributed by atoms with E-state index in [0.29, 0.717) is 5.56 Å². The van der Waals surface area contributed by atoms with E-state index in [0.717, 1.165) is 17.1 Å². The average molecular weight is 380 g/mol. The average Bonchev–Trinajstić information content (AvgIpc) is 3.21. The smallest absolute Gasteiger partial charge is 0.341 e. The molecule has 0 aliphatic carbocycles. The van der Waals surface area contributed by atoms with E-state index < -0.39 is 11.9 Å². The van der Waals surface area contributed by atoms with Crippen molar-refractivity contribution in [1.82, 2.24) is 0 Å². The predicted octanol–water partition coefficient (Wildman–Crippen LogP) is 1.19. The number of amides is 2. The van der Waals surface area contributed by atoms with Crippen molar-refractivity contribution in [3.63, 3.8) is 0 Å². The van der Waals surface area contributed by atoms with Crippen LogP contribution in [0.2, 0.25) is 0 Å². The lowest BCUT2D eigenvalue weighted by Gasteiger charge is -2.09. The topological polar surface area (TPSA) is 128 Å². The van der Waals surface area contributed by atoms with Crippen LogP contribution in [-0.2, 0) is 9.53 Å². The number of thiophene rings is 1. The molecule has 0 fully saturated rings. The van der Waals surface area contributed by atoms with Gasteiger partial charge in [-0.15, -0.1) is 11.3 Å². The summed E-state index contributed by atoms with van der Waals surface area (Å²) in [5, 5.41) is 4.74. The van der Waals surface area contributed by atoms with Crippen LogP contribution in [0.3, 0.4) is 0 Å². The van der Waals surface area contributed by atoms with Crippen LogP contribution < -0.4 is 16.4 Å². The molecule has 1 atom stereocenters. The van der Waals surface area contributed by atoms with E-state index in [-0.39, 0.29) is 40.5 Å². The van der Waals surface area contributed by atoms with Crippen molar-refractivity contribution in [3.05, 3.63) is 40.2 Å². The molecule has 0 aromatic carbocycles. The van der Waals surface area contributed by atoms with E-state index in [4.69, 9.17) is 14.9 Å². The second kappa shape index (κ2) is 8.63. The van der Waals surface area contributed by atoms with Crippen LogP contribution in [0.5, 0.6) is 0 Å². The van der Waals surface area contributed by atoms with Crippen molar-refractivity contribution in [2.24, 2.45) is 5.73 Å². The number of primary amides is 1. The molecule has 0 unspecified atom stereocenters. The zero-order chi connectivity index (χ0) is 19.3.